The minimum Gasteiger partial charge on any atom is -0.289 e. The van der Waals surface area contributed by atoms with Crippen LogP contribution in [0.25, 0.3) is 11.1 Å². The van der Waals surface area contributed by atoms with Gasteiger partial charge in [0.1, 0.15) is 0 Å². The Labute approximate surface area is 216 Å². The number of halogens is 1. The molecule has 0 aliphatic heterocycles. The van der Waals surface area contributed by atoms with Gasteiger partial charge in [-0.2, -0.15) is 0 Å². The fraction of sp³-hybridized carbons (Fsp3) is 0.188. The van der Waals surface area contributed by atoms with Gasteiger partial charge >= 0.3 is 0 Å². The number of rotatable bonds is 5. The number of aryl methyl sites for hydroxylation is 6. The van der Waals surface area contributed by atoms with Gasteiger partial charge in [0.05, 0.1) is 0 Å². The molecule has 2 nitrogen and oxygen atoms in total. The SMILES string of the molecule is Cc1cc(C)c(C(=O)c2cc(-c3ccccc3)c(C(=O)c3c(C)cc(C)cc3C)cc2Br)c(C)c1. The summed E-state index contributed by atoms with van der Waals surface area (Å²) in [5, 5.41) is 0. The van der Waals surface area contributed by atoms with Crippen molar-refractivity contribution < 1.29 is 9.59 Å². The van der Waals surface area contributed by atoms with Crippen molar-refractivity contribution >= 4 is 27.5 Å². The molecule has 0 amide bonds. The minimum absolute atomic E-state index is 0.0405. The Morgan fingerprint density at radius 3 is 1.46 bits per heavy atom. The molecule has 0 heterocycles. The summed E-state index contributed by atoms with van der Waals surface area (Å²) in [6.07, 6.45) is 0. The van der Waals surface area contributed by atoms with Crippen LogP contribution in [0.1, 0.15) is 65.2 Å². The van der Waals surface area contributed by atoms with Crippen molar-refractivity contribution in [2.24, 2.45) is 0 Å². The number of ketones is 2. The Balaban J connectivity index is 1.95. The van der Waals surface area contributed by atoms with E-state index < -0.39 is 0 Å². The van der Waals surface area contributed by atoms with Gasteiger partial charge in [0.25, 0.3) is 0 Å². The first-order valence-electron chi connectivity index (χ1n) is 11.7. The second-order valence-corrected chi connectivity index (χ2v) is 10.3. The maximum atomic E-state index is 13.9. The molecule has 0 radical (unpaired) electrons. The monoisotopic (exact) mass is 524 g/mol. The summed E-state index contributed by atoms with van der Waals surface area (Å²) >= 11 is 3.63. The molecular weight excluding hydrogens is 496 g/mol. The van der Waals surface area contributed by atoms with Crippen molar-refractivity contribution in [2.45, 2.75) is 41.5 Å². The first kappa shape index (κ1) is 24.8. The lowest BCUT2D eigenvalue weighted by Gasteiger charge is -2.17. The molecular formula is C32H29BrO2. The van der Waals surface area contributed by atoms with Crippen molar-refractivity contribution in [3.8, 4) is 11.1 Å². The Morgan fingerprint density at radius 2 is 1.00 bits per heavy atom. The zero-order valence-electron chi connectivity index (χ0n) is 21.0. The largest absolute Gasteiger partial charge is 0.289 e. The first-order valence-corrected chi connectivity index (χ1v) is 12.5. The molecule has 0 aliphatic rings. The highest BCUT2D eigenvalue weighted by Gasteiger charge is 2.24. The van der Waals surface area contributed by atoms with Crippen LogP contribution in [0.15, 0.2) is 71.2 Å². The summed E-state index contributed by atoms with van der Waals surface area (Å²) in [7, 11) is 0. The molecule has 4 rings (SSSR count). The normalized spacial score (nSPS) is 10.9. The van der Waals surface area contributed by atoms with Crippen LogP contribution >= 0.6 is 15.9 Å². The van der Waals surface area contributed by atoms with Gasteiger partial charge < -0.3 is 0 Å². The third-order valence-electron chi connectivity index (χ3n) is 6.49. The third kappa shape index (κ3) is 4.78. The molecule has 0 saturated carbocycles. The Hall–Kier alpha value is -3.30. The Kier molecular flexibility index (Phi) is 6.91. The van der Waals surface area contributed by atoms with Crippen molar-refractivity contribution in [1.82, 2.24) is 0 Å². The molecule has 0 N–H and O–H groups in total. The highest BCUT2D eigenvalue weighted by atomic mass is 79.9. The van der Waals surface area contributed by atoms with E-state index >= 15 is 0 Å². The molecule has 0 spiro atoms. The molecule has 0 aliphatic carbocycles. The molecule has 3 heteroatoms. The number of carbonyl (C=O) groups is 2. The number of carbonyl (C=O) groups excluding carboxylic acids is 2. The topological polar surface area (TPSA) is 34.1 Å². The van der Waals surface area contributed by atoms with Gasteiger partial charge in [-0.25, -0.2) is 0 Å². The summed E-state index contributed by atoms with van der Waals surface area (Å²) in [5.74, 6) is -0.0907. The van der Waals surface area contributed by atoms with E-state index in [0.717, 1.165) is 44.5 Å². The van der Waals surface area contributed by atoms with Gasteiger partial charge in [-0.3, -0.25) is 9.59 Å². The molecule has 0 unspecified atom stereocenters. The predicted octanol–water partition coefficient (Wildman–Crippen LogP) is 8.43. The summed E-state index contributed by atoms with van der Waals surface area (Å²) in [6, 6.07) is 21.6. The van der Waals surface area contributed by atoms with E-state index in [4.69, 9.17) is 0 Å². The van der Waals surface area contributed by atoms with Crippen molar-refractivity contribution in [3.05, 3.63) is 127 Å². The van der Waals surface area contributed by atoms with E-state index in [-0.39, 0.29) is 11.6 Å². The molecule has 0 bridgehead atoms. The van der Waals surface area contributed by atoms with Gasteiger partial charge in [-0.1, -0.05) is 81.7 Å². The van der Waals surface area contributed by atoms with E-state index in [1.165, 1.54) is 0 Å². The molecule has 35 heavy (non-hydrogen) atoms. The molecule has 0 fully saturated rings. The second-order valence-electron chi connectivity index (χ2n) is 9.45. The van der Waals surface area contributed by atoms with Gasteiger partial charge in [0.2, 0.25) is 0 Å². The van der Waals surface area contributed by atoms with Crippen LogP contribution in [0.5, 0.6) is 0 Å². The molecule has 4 aromatic rings. The number of benzene rings is 4. The van der Waals surface area contributed by atoms with Crippen LogP contribution in [-0.4, -0.2) is 11.6 Å². The maximum absolute atomic E-state index is 13.9. The van der Waals surface area contributed by atoms with Gasteiger partial charge in [-0.15, -0.1) is 0 Å². The first-order chi connectivity index (χ1) is 16.6. The lowest BCUT2D eigenvalue weighted by Crippen LogP contribution is -2.12. The van der Waals surface area contributed by atoms with E-state index in [1.807, 2.05) is 108 Å². The third-order valence-corrected chi connectivity index (χ3v) is 7.15. The van der Waals surface area contributed by atoms with Crippen LogP contribution in [0, 0.1) is 41.5 Å². The van der Waals surface area contributed by atoms with Crippen LogP contribution in [0.2, 0.25) is 0 Å². The maximum Gasteiger partial charge on any atom is 0.194 e. The van der Waals surface area contributed by atoms with E-state index in [1.54, 1.807) is 0 Å². The van der Waals surface area contributed by atoms with Gasteiger partial charge in [0.15, 0.2) is 11.6 Å². The van der Waals surface area contributed by atoms with Crippen LogP contribution < -0.4 is 0 Å². The van der Waals surface area contributed by atoms with Crippen molar-refractivity contribution in [3.63, 3.8) is 0 Å². The summed E-state index contributed by atoms with van der Waals surface area (Å²) in [4.78, 5) is 27.7. The van der Waals surface area contributed by atoms with Crippen LogP contribution in [0.3, 0.4) is 0 Å². The van der Waals surface area contributed by atoms with E-state index in [9.17, 15) is 9.59 Å². The average Bonchev–Trinajstić information content (AvgIpc) is 2.78. The Morgan fingerprint density at radius 1 is 0.571 bits per heavy atom. The van der Waals surface area contributed by atoms with Gasteiger partial charge in [0, 0.05) is 26.7 Å². The number of hydrogen-bond donors (Lipinski definition) is 0. The lowest BCUT2D eigenvalue weighted by atomic mass is 9.86. The Bertz CT molecular complexity index is 1430. The second kappa shape index (κ2) is 9.75. The van der Waals surface area contributed by atoms with Crippen molar-refractivity contribution in [1.29, 1.82) is 0 Å². The highest BCUT2D eigenvalue weighted by molar-refractivity contribution is 9.10. The molecule has 0 saturated heterocycles. The van der Waals surface area contributed by atoms with Crippen LogP contribution in [0.4, 0.5) is 0 Å². The molecule has 176 valence electrons. The fourth-order valence-electron chi connectivity index (χ4n) is 5.14. The summed E-state index contributed by atoms with van der Waals surface area (Å²) in [6.45, 7) is 12.0. The summed E-state index contributed by atoms with van der Waals surface area (Å²) in [5.41, 5.74) is 10.3. The smallest absolute Gasteiger partial charge is 0.194 e. The molecule has 0 aromatic heterocycles. The summed E-state index contributed by atoms with van der Waals surface area (Å²) < 4.78 is 0.618. The van der Waals surface area contributed by atoms with Crippen molar-refractivity contribution in [2.75, 3.05) is 0 Å². The standard InChI is InChI=1S/C32H29BrO2/c1-18-12-20(3)29(21(4)13-18)31(34)26-17-28(33)27(16-25(26)24-10-8-7-9-11-24)32(35)30-22(5)14-19(2)15-23(30)6/h7-17H,1-6H3. The van der Waals surface area contributed by atoms with Gasteiger partial charge in [-0.05, 0) is 87.1 Å². The fourth-order valence-corrected chi connectivity index (χ4v) is 5.66. The highest BCUT2D eigenvalue weighted by Crippen LogP contribution is 2.34. The molecule has 4 aromatic carbocycles. The lowest BCUT2D eigenvalue weighted by molar-refractivity contribution is 0.102. The predicted molar refractivity (Wildman–Crippen MR) is 148 cm³/mol. The number of hydrogen-bond acceptors (Lipinski definition) is 2. The minimum atomic E-state index is -0.0502. The van der Waals surface area contributed by atoms with E-state index in [0.29, 0.717) is 26.7 Å². The average molecular weight is 525 g/mol. The van der Waals surface area contributed by atoms with Crippen LogP contribution in [-0.2, 0) is 0 Å². The molecule has 0 atom stereocenters. The zero-order valence-corrected chi connectivity index (χ0v) is 22.6. The zero-order chi connectivity index (χ0) is 25.4. The van der Waals surface area contributed by atoms with E-state index in [2.05, 4.69) is 15.9 Å². The quantitative estimate of drug-likeness (QED) is 0.245.